The Morgan fingerprint density at radius 1 is 1.08 bits per heavy atom. The monoisotopic (exact) mass is 331 g/mol. The first-order valence-corrected chi connectivity index (χ1v) is 9.20. The summed E-state index contributed by atoms with van der Waals surface area (Å²) in [6, 6.07) is 21.1. The van der Waals surface area contributed by atoms with Crippen LogP contribution in [0.3, 0.4) is 0 Å². The molecule has 25 heavy (non-hydrogen) atoms. The highest BCUT2D eigenvalue weighted by atomic mass is 15.3. The van der Waals surface area contributed by atoms with Gasteiger partial charge in [0.05, 0.1) is 11.9 Å². The Balaban J connectivity index is 1.41. The zero-order valence-corrected chi connectivity index (χ0v) is 14.7. The Labute approximate surface area is 149 Å². The van der Waals surface area contributed by atoms with Crippen LogP contribution in [0.15, 0.2) is 66.9 Å². The number of para-hydroxylation sites is 1. The van der Waals surface area contributed by atoms with E-state index in [0.29, 0.717) is 11.8 Å². The maximum absolute atomic E-state index is 4.66. The summed E-state index contributed by atoms with van der Waals surface area (Å²) < 4.78 is 2.12. The summed E-state index contributed by atoms with van der Waals surface area (Å²) >= 11 is 0. The van der Waals surface area contributed by atoms with Crippen LogP contribution in [0.2, 0.25) is 0 Å². The third-order valence-corrected chi connectivity index (χ3v) is 5.32. The molecule has 1 N–H and O–H groups in total. The summed E-state index contributed by atoms with van der Waals surface area (Å²) in [5.74, 6) is 1.22. The Morgan fingerprint density at radius 3 is 2.56 bits per heavy atom. The normalized spacial score (nSPS) is 17.4. The Bertz CT molecular complexity index is 808. The van der Waals surface area contributed by atoms with Gasteiger partial charge >= 0.3 is 0 Å². The molecule has 0 bridgehead atoms. The molecular formula is C22H25N3. The molecule has 3 aromatic rings. The van der Waals surface area contributed by atoms with E-state index in [9.17, 15) is 0 Å². The number of nitrogens with zero attached hydrogens (tertiary/aromatic N) is 2. The summed E-state index contributed by atoms with van der Waals surface area (Å²) in [4.78, 5) is 0. The Morgan fingerprint density at radius 2 is 1.80 bits per heavy atom. The summed E-state index contributed by atoms with van der Waals surface area (Å²) in [6.45, 7) is 4.33. The van der Waals surface area contributed by atoms with E-state index in [4.69, 9.17) is 0 Å². The van der Waals surface area contributed by atoms with Gasteiger partial charge in [-0.3, -0.25) is 0 Å². The molecule has 0 saturated carbocycles. The van der Waals surface area contributed by atoms with E-state index < -0.39 is 0 Å². The van der Waals surface area contributed by atoms with Crippen molar-refractivity contribution in [2.24, 2.45) is 5.92 Å². The van der Waals surface area contributed by atoms with Crippen LogP contribution in [0.25, 0.3) is 5.69 Å². The lowest BCUT2D eigenvalue weighted by Crippen LogP contribution is -2.24. The van der Waals surface area contributed by atoms with Crippen molar-refractivity contribution < 1.29 is 0 Å². The second kappa shape index (κ2) is 7.24. The molecule has 3 nitrogen and oxygen atoms in total. The van der Waals surface area contributed by atoms with Gasteiger partial charge in [0, 0.05) is 12.2 Å². The lowest BCUT2D eigenvalue weighted by molar-refractivity contribution is 0.423. The number of aromatic nitrogens is 2. The average Bonchev–Trinajstić information content (AvgIpc) is 3.25. The van der Waals surface area contributed by atoms with Crippen molar-refractivity contribution in [3.8, 4) is 5.69 Å². The van der Waals surface area contributed by atoms with Crippen LogP contribution < -0.4 is 5.32 Å². The molecule has 0 spiro atoms. The van der Waals surface area contributed by atoms with Crippen LogP contribution in [-0.2, 0) is 13.0 Å². The summed E-state index contributed by atoms with van der Waals surface area (Å²) in [5, 5.41) is 8.29. The number of rotatable bonds is 6. The largest absolute Gasteiger partial charge is 0.312 e. The van der Waals surface area contributed by atoms with Gasteiger partial charge in [-0.25, -0.2) is 4.68 Å². The number of hydrogen-bond donors (Lipinski definition) is 1. The van der Waals surface area contributed by atoms with Crippen molar-refractivity contribution >= 4 is 0 Å². The maximum atomic E-state index is 4.66. The van der Waals surface area contributed by atoms with Crippen LogP contribution in [0.5, 0.6) is 0 Å². The molecule has 1 aromatic heterocycles. The lowest BCUT2D eigenvalue weighted by atomic mass is 9.90. The molecule has 128 valence electrons. The molecule has 0 radical (unpaired) electrons. The van der Waals surface area contributed by atoms with Gasteiger partial charge in [0.2, 0.25) is 0 Å². The predicted molar refractivity (Wildman–Crippen MR) is 102 cm³/mol. The predicted octanol–water partition coefficient (Wildman–Crippen LogP) is 4.33. The summed E-state index contributed by atoms with van der Waals surface area (Å²) in [5.41, 5.74) is 5.35. The van der Waals surface area contributed by atoms with Gasteiger partial charge in [0.15, 0.2) is 0 Å². The zero-order chi connectivity index (χ0) is 17.1. The van der Waals surface area contributed by atoms with E-state index in [-0.39, 0.29) is 0 Å². The van der Waals surface area contributed by atoms with Crippen LogP contribution in [-0.4, -0.2) is 16.3 Å². The minimum Gasteiger partial charge on any atom is -0.312 e. The van der Waals surface area contributed by atoms with Crippen molar-refractivity contribution in [1.29, 1.82) is 0 Å². The van der Waals surface area contributed by atoms with Crippen molar-refractivity contribution in [2.75, 3.05) is 6.54 Å². The highest BCUT2D eigenvalue weighted by Gasteiger charge is 2.30. The highest BCUT2D eigenvalue weighted by Crippen LogP contribution is 2.38. The minimum absolute atomic E-state index is 0.607. The first-order valence-electron chi connectivity index (χ1n) is 9.20. The van der Waals surface area contributed by atoms with Gasteiger partial charge in [-0.05, 0) is 54.5 Å². The molecule has 1 heterocycles. The molecule has 1 aliphatic carbocycles. The number of fused-ring (bicyclic) bond motifs is 1. The quantitative estimate of drug-likeness (QED) is 0.729. The van der Waals surface area contributed by atoms with Crippen molar-refractivity contribution in [3.63, 3.8) is 0 Å². The number of hydrogen-bond acceptors (Lipinski definition) is 2. The fraction of sp³-hybridized carbons (Fsp3) is 0.318. The third-order valence-electron chi connectivity index (χ3n) is 5.32. The molecule has 0 aliphatic heterocycles. The van der Waals surface area contributed by atoms with E-state index in [1.54, 1.807) is 0 Å². The first-order chi connectivity index (χ1) is 12.3. The molecule has 0 amide bonds. The Hall–Kier alpha value is -2.39. The smallest absolute Gasteiger partial charge is 0.0648 e. The molecule has 0 fully saturated rings. The molecule has 4 rings (SSSR count). The molecule has 2 aromatic carbocycles. The third kappa shape index (κ3) is 3.38. The second-order valence-electron chi connectivity index (χ2n) is 7.03. The summed E-state index contributed by atoms with van der Waals surface area (Å²) in [7, 11) is 0. The van der Waals surface area contributed by atoms with Crippen LogP contribution in [0, 0.1) is 5.92 Å². The number of benzene rings is 2. The molecule has 1 aliphatic rings. The molecule has 2 atom stereocenters. The van der Waals surface area contributed by atoms with E-state index in [1.165, 1.54) is 28.9 Å². The van der Waals surface area contributed by atoms with Crippen molar-refractivity contribution in [3.05, 3.63) is 83.7 Å². The molecule has 2 unspecified atom stereocenters. The first kappa shape index (κ1) is 16.1. The van der Waals surface area contributed by atoms with E-state index in [1.807, 2.05) is 0 Å². The molecule has 0 saturated heterocycles. The zero-order valence-electron chi connectivity index (χ0n) is 14.7. The van der Waals surface area contributed by atoms with Crippen LogP contribution >= 0.6 is 0 Å². The van der Waals surface area contributed by atoms with Crippen molar-refractivity contribution in [2.45, 2.75) is 32.2 Å². The lowest BCUT2D eigenvalue weighted by Gasteiger charge is -2.19. The molecular weight excluding hydrogens is 306 g/mol. The molecule has 3 heteroatoms. The fourth-order valence-electron chi connectivity index (χ4n) is 3.96. The van der Waals surface area contributed by atoms with Gasteiger partial charge in [-0.1, -0.05) is 55.5 Å². The summed E-state index contributed by atoms with van der Waals surface area (Å²) in [6.07, 6.45) is 4.44. The average molecular weight is 331 g/mol. The van der Waals surface area contributed by atoms with Gasteiger partial charge in [0.1, 0.15) is 0 Å². The minimum atomic E-state index is 0.607. The van der Waals surface area contributed by atoms with Gasteiger partial charge in [0.25, 0.3) is 0 Å². The topological polar surface area (TPSA) is 29.9 Å². The van der Waals surface area contributed by atoms with E-state index in [2.05, 4.69) is 88.9 Å². The second-order valence-corrected chi connectivity index (χ2v) is 7.03. The van der Waals surface area contributed by atoms with Gasteiger partial charge in [-0.15, -0.1) is 0 Å². The van der Waals surface area contributed by atoms with Gasteiger partial charge in [-0.2, -0.15) is 5.10 Å². The number of nitrogens with one attached hydrogen (secondary N) is 1. The van der Waals surface area contributed by atoms with E-state index in [0.717, 1.165) is 19.5 Å². The maximum Gasteiger partial charge on any atom is 0.0648 e. The van der Waals surface area contributed by atoms with E-state index >= 15 is 0 Å². The van der Waals surface area contributed by atoms with Crippen LogP contribution in [0.1, 0.15) is 36.1 Å². The Kier molecular flexibility index (Phi) is 4.66. The van der Waals surface area contributed by atoms with Crippen LogP contribution in [0.4, 0.5) is 0 Å². The standard InChI is InChI=1S/C22H25N3/c1-17(14-23-15-18-8-4-2-5-9-18)20-12-13-22-21(20)16-24-25(22)19-10-6-3-7-11-19/h2-11,16-17,20,23H,12-15H2,1H3. The van der Waals surface area contributed by atoms with Gasteiger partial charge < -0.3 is 5.32 Å². The fourth-order valence-corrected chi connectivity index (χ4v) is 3.96. The van der Waals surface area contributed by atoms with Crippen molar-refractivity contribution in [1.82, 2.24) is 15.1 Å². The SMILES string of the molecule is CC(CNCc1ccccc1)C1CCc2c1cnn2-c1ccccc1. The highest BCUT2D eigenvalue weighted by molar-refractivity contribution is 5.38.